The Balaban J connectivity index is 2.21. The summed E-state index contributed by atoms with van der Waals surface area (Å²) in [6, 6.07) is 3.71. The van der Waals surface area contributed by atoms with Crippen molar-refractivity contribution < 1.29 is 22.6 Å². The molecule has 0 atom stereocenters. The van der Waals surface area contributed by atoms with E-state index in [0.29, 0.717) is 34.9 Å². The zero-order valence-corrected chi connectivity index (χ0v) is 15.0. The van der Waals surface area contributed by atoms with E-state index >= 15 is 0 Å². The monoisotopic (exact) mass is 381 g/mol. The normalized spacial score (nSPS) is 11.8. The molecule has 10 heteroatoms. The zero-order valence-electron chi connectivity index (χ0n) is 15.0. The zero-order chi connectivity index (χ0) is 19.6. The van der Waals surface area contributed by atoms with E-state index < -0.39 is 11.7 Å². The summed E-state index contributed by atoms with van der Waals surface area (Å²) in [5, 5.41) is 15.3. The molecule has 0 bridgehead atoms. The van der Waals surface area contributed by atoms with E-state index in [-0.39, 0.29) is 12.5 Å². The number of ether oxygens (including phenoxy) is 2. The number of rotatable bonds is 6. The fraction of sp³-hybridized carbons (Fsp3) is 0.353. The molecule has 0 aliphatic carbocycles. The lowest BCUT2D eigenvalue weighted by atomic mass is 10.00. The molecule has 27 heavy (non-hydrogen) atoms. The molecular weight excluding hydrogens is 363 g/mol. The molecule has 2 aromatic heterocycles. The highest BCUT2D eigenvalue weighted by Crippen LogP contribution is 2.40. The fourth-order valence-electron chi connectivity index (χ4n) is 2.70. The Labute approximate surface area is 153 Å². The fourth-order valence-corrected chi connectivity index (χ4v) is 2.70. The van der Waals surface area contributed by atoms with Crippen molar-refractivity contribution in [2.24, 2.45) is 0 Å². The number of nitrogens with one attached hydrogen (secondary N) is 1. The molecule has 0 amide bonds. The Bertz CT molecular complexity index is 956. The lowest BCUT2D eigenvalue weighted by molar-refractivity contribution is -0.137. The van der Waals surface area contributed by atoms with Crippen molar-refractivity contribution in [2.45, 2.75) is 20.0 Å². The molecule has 3 rings (SSSR count). The number of anilines is 1. The second-order valence-electron chi connectivity index (χ2n) is 5.67. The lowest BCUT2D eigenvalue weighted by Crippen LogP contribution is -2.11. The van der Waals surface area contributed by atoms with E-state index in [2.05, 4.69) is 20.6 Å². The predicted molar refractivity (Wildman–Crippen MR) is 92.6 cm³/mol. The standard InChI is InChI=1S/C17H18F3N5O2/c1-4-26-9-27-13-8-11(17(18,19)20)7-10(2)14(13)15-12-5-6-22-25(12)16(21-3)24-23-15/h5-8H,4,9H2,1-3H3,(H,21,24). The molecule has 0 spiro atoms. The van der Waals surface area contributed by atoms with Crippen LogP contribution in [0.5, 0.6) is 5.75 Å². The van der Waals surface area contributed by atoms with Gasteiger partial charge in [0.15, 0.2) is 6.79 Å². The van der Waals surface area contributed by atoms with E-state index in [1.807, 2.05) is 0 Å². The molecule has 1 aromatic carbocycles. The van der Waals surface area contributed by atoms with Gasteiger partial charge in [-0.3, -0.25) is 0 Å². The van der Waals surface area contributed by atoms with E-state index in [4.69, 9.17) is 9.47 Å². The SMILES string of the molecule is CCOCOc1cc(C(F)(F)F)cc(C)c1-c1nnc(NC)n2nccc12. The maximum Gasteiger partial charge on any atom is 0.416 e. The molecule has 3 aromatic rings. The van der Waals surface area contributed by atoms with Crippen LogP contribution < -0.4 is 10.1 Å². The molecule has 0 saturated heterocycles. The van der Waals surface area contributed by atoms with E-state index in [1.165, 1.54) is 4.52 Å². The van der Waals surface area contributed by atoms with E-state index in [0.717, 1.165) is 12.1 Å². The molecular formula is C17H18F3N5O2. The van der Waals surface area contributed by atoms with E-state index in [9.17, 15) is 13.2 Å². The van der Waals surface area contributed by atoms with Gasteiger partial charge in [-0.15, -0.1) is 10.2 Å². The van der Waals surface area contributed by atoms with Crippen molar-refractivity contribution in [1.82, 2.24) is 19.8 Å². The van der Waals surface area contributed by atoms with E-state index in [1.54, 1.807) is 33.2 Å². The summed E-state index contributed by atoms with van der Waals surface area (Å²) in [5.74, 6) is 0.422. The topological polar surface area (TPSA) is 73.6 Å². The Morgan fingerprint density at radius 3 is 2.67 bits per heavy atom. The number of aryl methyl sites for hydroxylation is 1. The van der Waals surface area contributed by atoms with Gasteiger partial charge in [0, 0.05) is 19.2 Å². The van der Waals surface area contributed by atoms with Crippen LogP contribution in [0.2, 0.25) is 0 Å². The van der Waals surface area contributed by atoms with Gasteiger partial charge in [-0.25, -0.2) is 0 Å². The van der Waals surface area contributed by atoms with Crippen LogP contribution in [0.1, 0.15) is 18.1 Å². The van der Waals surface area contributed by atoms with Gasteiger partial charge in [-0.2, -0.15) is 22.8 Å². The van der Waals surface area contributed by atoms with Crippen LogP contribution in [0, 0.1) is 6.92 Å². The first-order valence-electron chi connectivity index (χ1n) is 8.17. The van der Waals surface area contributed by atoms with Crippen molar-refractivity contribution in [3.63, 3.8) is 0 Å². The first-order chi connectivity index (χ1) is 12.9. The van der Waals surface area contributed by atoms with Gasteiger partial charge in [-0.05, 0) is 37.6 Å². The molecule has 0 aliphatic heterocycles. The third kappa shape index (κ3) is 3.65. The highest BCUT2D eigenvalue weighted by atomic mass is 19.4. The molecule has 0 aliphatic rings. The largest absolute Gasteiger partial charge is 0.467 e. The lowest BCUT2D eigenvalue weighted by Gasteiger charge is -2.17. The van der Waals surface area contributed by atoms with Crippen LogP contribution in [0.3, 0.4) is 0 Å². The molecule has 0 fully saturated rings. The Morgan fingerprint density at radius 2 is 2.00 bits per heavy atom. The number of halogens is 3. The molecule has 0 saturated carbocycles. The van der Waals surface area contributed by atoms with Crippen LogP contribution >= 0.6 is 0 Å². The minimum absolute atomic E-state index is 0.0189. The van der Waals surface area contributed by atoms with Crippen LogP contribution in [0.25, 0.3) is 16.8 Å². The van der Waals surface area contributed by atoms with Crippen molar-refractivity contribution >= 4 is 11.5 Å². The first-order valence-corrected chi connectivity index (χ1v) is 8.17. The number of fused-ring (bicyclic) bond motifs is 1. The summed E-state index contributed by atoms with van der Waals surface area (Å²) in [7, 11) is 1.67. The maximum atomic E-state index is 13.2. The van der Waals surface area contributed by atoms with Gasteiger partial charge >= 0.3 is 6.18 Å². The Morgan fingerprint density at radius 1 is 1.22 bits per heavy atom. The quantitative estimate of drug-likeness (QED) is 0.520. The second kappa shape index (κ2) is 7.39. The van der Waals surface area contributed by atoms with Crippen molar-refractivity contribution in [3.05, 3.63) is 35.5 Å². The molecule has 2 heterocycles. The number of hydrogen-bond donors (Lipinski definition) is 1. The number of nitrogens with zero attached hydrogens (tertiary/aromatic N) is 4. The molecule has 144 valence electrons. The first kappa shape index (κ1) is 18.9. The summed E-state index contributed by atoms with van der Waals surface area (Å²) < 4.78 is 51.9. The van der Waals surface area contributed by atoms with Crippen LogP contribution in [-0.4, -0.2) is 40.3 Å². The molecule has 0 unspecified atom stereocenters. The number of aromatic nitrogens is 4. The Hall–Kier alpha value is -2.88. The summed E-state index contributed by atoms with van der Waals surface area (Å²) in [4.78, 5) is 0. The van der Waals surface area contributed by atoms with Crippen molar-refractivity contribution in [3.8, 4) is 17.0 Å². The maximum absolute atomic E-state index is 13.2. The van der Waals surface area contributed by atoms with Crippen LogP contribution in [0.15, 0.2) is 24.4 Å². The third-order valence-corrected chi connectivity index (χ3v) is 3.92. The van der Waals surface area contributed by atoms with Crippen LogP contribution in [0.4, 0.5) is 19.1 Å². The van der Waals surface area contributed by atoms with Gasteiger partial charge in [0.25, 0.3) is 0 Å². The highest BCUT2D eigenvalue weighted by Gasteiger charge is 2.33. The highest BCUT2D eigenvalue weighted by molar-refractivity contribution is 5.83. The van der Waals surface area contributed by atoms with Crippen molar-refractivity contribution in [1.29, 1.82) is 0 Å². The summed E-state index contributed by atoms with van der Waals surface area (Å²) in [6.45, 7) is 3.52. The molecule has 1 N–H and O–H groups in total. The molecule has 7 nitrogen and oxygen atoms in total. The summed E-state index contributed by atoms with van der Waals surface area (Å²) >= 11 is 0. The van der Waals surface area contributed by atoms with Crippen LogP contribution in [-0.2, 0) is 10.9 Å². The number of hydrogen-bond acceptors (Lipinski definition) is 6. The number of alkyl halides is 3. The van der Waals surface area contributed by atoms with Gasteiger partial charge in [-0.1, -0.05) is 0 Å². The van der Waals surface area contributed by atoms with Gasteiger partial charge in [0.05, 0.1) is 17.3 Å². The second-order valence-corrected chi connectivity index (χ2v) is 5.67. The minimum atomic E-state index is -4.50. The Kier molecular flexibility index (Phi) is 5.17. The van der Waals surface area contributed by atoms with Gasteiger partial charge < -0.3 is 14.8 Å². The predicted octanol–water partition coefficient (Wildman–Crippen LogP) is 3.53. The average Bonchev–Trinajstić information content (AvgIpc) is 3.10. The average molecular weight is 381 g/mol. The number of benzene rings is 1. The summed E-state index contributed by atoms with van der Waals surface area (Å²) in [6.07, 6.45) is -2.94. The molecule has 0 radical (unpaired) electrons. The minimum Gasteiger partial charge on any atom is -0.467 e. The van der Waals surface area contributed by atoms with Gasteiger partial charge in [0.1, 0.15) is 11.4 Å². The third-order valence-electron chi connectivity index (χ3n) is 3.92. The van der Waals surface area contributed by atoms with Crippen molar-refractivity contribution in [2.75, 3.05) is 25.8 Å². The summed E-state index contributed by atoms with van der Waals surface area (Å²) in [5.41, 5.74) is 0.900. The van der Waals surface area contributed by atoms with Gasteiger partial charge in [0.2, 0.25) is 5.95 Å². The smallest absolute Gasteiger partial charge is 0.416 e.